The highest BCUT2D eigenvalue weighted by Crippen LogP contribution is 2.37. The smallest absolute Gasteiger partial charge is 0.338 e. The number of hydrogen-bond donors (Lipinski definition) is 0. The summed E-state index contributed by atoms with van der Waals surface area (Å²) in [7, 11) is 0. The van der Waals surface area contributed by atoms with Crippen LogP contribution in [0.3, 0.4) is 0 Å². The molecule has 2 aliphatic heterocycles. The Morgan fingerprint density at radius 1 is 0.373 bits per heavy atom. The van der Waals surface area contributed by atoms with E-state index in [-0.39, 0.29) is 50.8 Å². The molecule has 0 saturated carbocycles. The molecule has 0 radical (unpaired) electrons. The number of carbonyl (C=O) groups excluding carboxylic acids is 3. The van der Waals surface area contributed by atoms with Gasteiger partial charge >= 0.3 is 17.9 Å². The number of carbonyl (C=O) groups is 3. The molecule has 2 heterocycles. The summed E-state index contributed by atoms with van der Waals surface area (Å²) in [5, 5.41) is 0. The van der Waals surface area contributed by atoms with E-state index in [0.717, 1.165) is 22.3 Å². The number of benzene rings is 7. The maximum atomic E-state index is 14.4. The van der Waals surface area contributed by atoms with Crippen LogP contribution in [0.4, 0.5) is 0 Å². The largest absolute Gasteiger partial charge is 0.459 e. The van der Waals surface area contributed by atoms with Crippen molar-refractivity contribution in [3.05, 3.63) is 251 Å². The van der Waals surface area contributed by atoms with Crippen LogP contribution in [-0.2, 0) is 73.8 Å². The van der Waals surface area contributed by atoms with Gasteiger partial charge in [-0.1, -0.05) is 176 Å². The van der Waals surface area contributed by atoms with Gasteiger partial charge in [-0.2, -0.15) is 0 Å². The van der Waals surface area contributed by atoms with Gasteiger partial charge in [-0.3, -0.25) is 0 Å². The van der Waals surface area contributed by atoms with Crippen molar-refractivity contribution in [3.8, 4) is 0 Å². The summed E-state index contributed by atoms with van der Waals surface area (Å²) in [6, 6.07) is 64.4. The lowest BCUT2D eigenvalue weighted by Crippen LogP contribution is -2.66. The maximum Gasteiger partial charge on any atom is 0.338 e. The Hall–Kier alpha value is -7.33. The minimum absolute atomic E-state index is 0.0187. The molecule has 2 aliphatic rings. The molecule has 0 aromatic heterocycles. The normalized spacial score (nSPS) is 23.4. The highest BCUT2D eigenvalue weighted by molar-refractivity contribution is 5.90. The molecule has 9 rings (SSSR count). The standard InChI is InChI=1S/C62H60O13/c1-43-53(73-60(64)49-33-19-7-20-34-49)57(74-61(65)50-35-21-8-22-36-50)55(52(71-43)42-70-59(63)48-31-17-6-18-32-48)75-62-58(69-40-47-29-15-5-16-30-47)56(68-39-46-27-13-4-14-28-46)54(67-38-45-25-11-3-12-26-45)51(72-62)41-66-37-44-23-9-2-10-24-44/h2-36,43,51-58,62H,37-42H2,1H3. The summed E-state index contributed by atoms with van der Waals surface area (Å²) in [4.78, 5) is 42.1. The van der Waals surface area contributed by atoms with E-state index in [2.05, 4.69) is 0 Å². The molecule has 10 atom stereocenters. The number of hydrogen-bond acceptors (Lipinski definition) is 13. The summed E-state index contributed by atoms with van der Waals surface area (Å²) < 4.78 is 67.1. The van der Waals surface area contributed by atoms with Gasteiger partial charge in [0.05, 0.1) is 55.8 Å². The highest BCUT2D eigenvalue weighted by Gasteiger charge is 2.55. The molecular formula is C62H60O13. The monoisotopic (exact) mass is 1010 g/mol. The van der Waals surface area contributed by atoms with Gasteiger partial charge in [-0.15, -0.1) is 0 Å². The van der Waals surface area contributed by atoms with E-state index in [0.29, 0.717) is 5.56 Å². The van der Waals surface area contributed by atoms with Crippen molar-refractivity contribution >= 4 is 17.9 Å². The van der Waals surface area contributed by atoms with Gasteiger partial charge in [0.25, 0.3) is 0 Å². The summed E-state index contributed by atoms with van der Waals surface area (Å²) >= 11 is 0. The summed E-state index contributed by atoms with van der Waals surface area (Å²) in [5.74, 6) is -2.04. The van der Waals surface area contributed by atoms with Crippen molar-refractivity contribution in [1.82, 2.24) is 0 Å². The zero-order valence-electron chi connectivity index (χ0n) is 41.5. The SMILES string of the molecule is CC1OC(COC(=O)c2ccccc2)C(OC2OC(COCc3ccccc3)C(OCc3ccccc3)C(OCc3ccccc3)C2OCc2ccccc2)C(OC(=O)c2ccccc2)C1OC(=O)c1ccccc1. The molecular weight excluding hydrogens is 953 g/mol. The molecule has 0 bridgehead atoms. The third kappa shape index (κ3) is 14.5. The first-order valence-electron chi connectivity index (χ1n) is 25.1. The second-order valence-corrected chi connectivity index (χ2v) is 18.2. The van der Waals surface area contributed by atoms with Crippen LogP contribution in [0.5, 0.6) is 0 Å². The Morgan fingerprint density at radius 2 is 0.747 bits per heavy atom. The molecule has 13 heteroatoms. The number of esters is 3. The van der Waals surface area contributed by atoms with E-state index in [1.165, 1.54) is 0 Å². The van der Waals surface area contributed by atoms with Gasteiger partial charge in [0, 0.05) is 0 Å². The zero-order chi connectivity index (χ0) is 51.6. The summed E-state index contributed by atoms with van der Waals surface area (Å²) in [5.41, 5.74) is 4.43. The molecule has 2 saturated heterocycles. The lowest BCUT2D eigenvalue weighted by Gasteiger charge is -2.49. The predicted molar refractivity (Wildman–Crippen MR) is 277 cm³/mol. The lowest BCUT2D eigenvalue weighted by molar-refractivity contribution is -0.357. The number of ether oxygens (including phenoxy) is 10. The van der Waals surface area contributed by atoms with Crippen LogP contribution in [0.25, 0.3) is 0 Å². The first kappa shape index (κ1) is 52.5. The van der Waals surface area contributed by atoms with E-state index < -0.39 is 79.1 Å². The van der Waals surface area contributed by atoms with Crippen LogP contribution in [0.1, 0.15) is 60.3 Å². The zero-order valence-corrected chi connectivity index (χ0v) is 41.5. The molecule has 7 aromatic carbocycles. The third-order valence-electron chi connectivity index (χ3n) is 12.9. The van der Waals surface area contributed by atoms with Crippen LogP contribution in [0.2, 0.25) is 0 Å². The van der Waals surface area contributed by atoms with E-state index in [1.807, 2.05) is 121 Å². The van der Waals surface area contributed by atoms with Crippen molar-refractivity contribution in [2.75, 3.05) is 13.2 Å². The van der Waals surface area contributed by atoms with Gasteiger partial charge in [0.1, 0.15) is 43.2 Å². The second-order valence-electron chi connectivity index (χ2n) is 18.2. The van der Waals surface area contributed by atoms with Gasteiger partial charge in [-0.25, -0.2) is 14.4 Å². The second kappa shape index (κ2) is 26.8. The Balaban J connectivity index is 1.13. The minimum atomic E-state index is -1.39. The number of rotatable bonds is 22. The molecule has 0 N–H and O–H groups in total. The van der Waals surface area contributed by atoms with Crippen molar-refractivity contribution in [2.24, 2.45) is 0 Å². The molecule has 0 amide bonds. The molecule has 13 nitrogen and oxygen atoms in total. The van der Waals surface area contributed by atoms with Crippen LogP contribution >= 0.6 is 0 Å². The minimum Gasteiger partial charge on any atom is -0.459 e. The Kier molecular flexibility index (Phi) is 18.7. The fourth-order valence-corrected chi connectivity index (χ4v) is 9.05. The maximum absolute atomic E-state index is 14.4. The van der Waals surface area contributed by atoms with Gasteiger partial charge in [-0.05, 0) is 65.6 Å². The lowest BCUT2D eigenvalue weighted by atomic mass is 9.93. The Labute approximate surface area is 437 Å². The molecule has 75 heavy (non-hydrogen) atoms. The van der Waals surface area contributed by atoms with E-state index >= 15 is 0 Å². The third-order valence-corrected chi connectivity index (χ3v) is 12.9. The van der Waals surface area contributed by atoms with Gasteiger partial charge in [0.2, 0.25) is 0 Å². The predicted octanol–water partition coefficient (Wildman–Crippen LogP) is 10.2. The van der Waals surface area contributed by atoms with Crippen molar-refractivity contribution in [1.29, 1.82) is 0 Å². The van der Waals surface area contributed by atoms with Crippen LogP contribution < -0.4 is 0 Å². The molecule has 0 spiro atoms. The Bertz CT molecular complexity index is 2810. The van der Waals surface area contributed by atoms with Gasteiger partial charge in [0.15, 0.2) is 18.5 Å². The van der Waals surface area contributed by atoms with Crippen LogP contribution in [0.15, 0.2) is 212 Å². The van der Waals surface area contributed by atoms with Crippen molar-refractivity contribution < 1.29 is 61.8 Å². The molecule has 2 fully saturated rings. The molecule has 7 aromatic rings. The van der Waals surface area contributed by atoms with Crippen LogP contribution in [-0.4, -0.2) is 92.3 Å². The van der Waals surface area contributed by atoms with Crippen molar-refractivity contribution in [2.45, 2.75) is 94.6 Å². The average molecular weight is 1010 g/mol. The summed E-state index contributed by atoms with van der Waals surface area (Å²) in [6.07, 6.45) is -11.1. The van der Waals surface area contributed by atoms with Crippen LogP contribution in [0, 0.1) is 0 Å². The molecule has 0 aliphatic carbocycles. The first-order chi connectivity index (χ1) is 36.9. The topological polar surface area (TPSA) is 144 Å². The van der Waals surface area contributed by atoms with E-state index in [4.69, 9.17) is 47.4 Å². The molecule has 10 unspecified atom stereocenters. The quantitative estimate of drug-likeness (QED) is 0.0470. The Morgan fingerprint density at radius 3 is 1.21 bits per heavy atom. The van der Waals surface area contributed by atoms with Gasteiger partial charge < -0.3 is 47.4 Å². The fourth-order valence-electron chi connectivity index (χ4n) is 9.05. The summed E-state index contributed by atoms with van der Waals surface area (Å²) in [6.45, 7) is 2.05. The van der Waals surface area contributed by atoms with E-state index in [1.54, 1.807) is 97.9 Å². The van der Waals surface area contributed by atoms with Crippen molar-refractivity contribution in [3.63, 3.8) is 0 Å². The first-order valence-corrected chi connectivity index (χ1v) is 25.1. The molecule has 386 valence electrons. The highest BCUT2D eigenvalue weighted by atomic mass is 16.7. The fraction of sp³-hybridized carbons (Fsp3) is 0.274. The van der Waals surface area contributed by atoms with E-state index in [9.17, 15) is 14.4 Å². The average Bonchev–Trinajstić information content (AvgIpc) is 3.47.